The molecular weight excluding hydrogens is 246 g/mol. The highest BCUT2D eigenvalue weighted by Crippen LogP contribution is 2.11. The lowest BCUT2D eigenvalue weighted by molar-refractivity contribution is -0.393. The van der Waals surface area contributed by atoms with Crippen molar-refractivity contribution in [1.82, 2.24) is 15.0 Å². The number of nitrogens with zero attached hydrogens (tertiary/aromatic N) is 3. The Kier molecular flexibility index (Phi) is 3.67. The van der Waals surface area contributed by atoms with Crippen LogP contribution in [0.5, 0.6) is 0 Å². The Labute approximate surface area is 108 Å². The first-order valence-corrected chi connectivity index (χ1v) is 5.42. The van der Waals surface area contributed by atoms with E-state index in [0.29, 0.717) is 5.82 Å². The molecule has 0 radical (unpaired) electrons. The van der Waals surface area contributed by atoms with Crippen LogP contribution in [0.3, 0.4) is 0 Å². The smallest absolute Gasteiger partial charge is 0.390 e. The molecule has 0 aliphatic heterocycles. The van der Waals surface area contributed by atoms with Crippen molar-refractivity contribution in [2.24, 2.45) is 0 Å². The summed E-state index contributed by atoms with van der Waals surface area (Å²) in [6, 6.07) is 11.7. The molecular formula is C12H11N5O2. The fraction of sp³-hybridized carbons (Fsp3) is 0. The second-order valence-electron chi connectivity index (χ2n) is 3.60. The molecule has 96 valence electrons. The number of benzene rings is 1. The van der Waals surface area contributed by atoms with Crippen LogP contribution in [0.4, 0.5) is 11.8 Å². The van der Waals surface area contributed by atoms with Crippen LogP contribution in [-0.2, 0) is 0 Å². The van der Waals surface area contributed by atoms with Gasteiger partial charge in [0, 0.05) is 5.39 Å². The van der Waals surface area contributed by atoms with Crippen LogP contribution in [-0.4, -0.2) is 19.9 Å². The van der Waals surface area contributed by atoms with E-state index in [9.17, 15) is 10.1 Å². The van der Waals surface area contributed by atoms with Crippen LogP contribution in [0.25, 0.3) is 10.9 Å². The van der Waals surface area contributed by atoms with Crippen molar-refractivity contribution in [3.63, 3.8) is 0 Å². The number of anilines is 1. The molecule has 0 spiro atoms. The fourth-order valence-corrected chi connectivity index (χ4v) is 1.44. The topological polar surface area (TPSA) is 111 Å². The molecule has 0 saturated heterocycles. The highest BCUT2D eigenvalue weighted by atomic mass is 16.6. The zero-order valence-corrected chi connectivity index (χ0v) is 9.85. The van der Waals surface area contributed by atoms with Crippen LogP contribution in [0, 0.1) is 10.1 Å². The van der Waals surface area contributed by atoms with E-state index in [1.165, 1.54) is 12.4 Å². The minimum Gasteiger partial charge on any atom is -0.390 e. The first kappa shape index (κ1) is 12.5. The molecule has 7 heteroatoms. The lowest BCUT2D eigenvalue weighted by Crippen LogP contribution is -1.88. The fourth-order valence-electron chi connectivity index (χ4n) is 1.44. The highest BCUT2D eigenvalue weighted by molar-refractivity contribution is 5.79. The van der Waals surface area contributed by atoms with Gasteiger partial charge in [0.25, 0.3) is 0 Å². The number of H-pyrrole nitrogens is 1. The summed E-state index contributed by atoms with van der Waals surface area (Å²) >= 11 is 0. The highest BCUT2D eigenvalue weighted by Gasteiger charge is 2.01. The quantitative estimate of drug-likeness (QED) is 0.512. The van der Waals surface area contributed by atoms with Gasteiger partial charge in [0.05, 0.1) is 11.7 Å². The zero-order chi connectivity index (χ0) is 13.7. The number of nitrogen functional groups attached to an aromatic ring is 1. The number of fused-ring (bicyclic) bond motifs is 1. The number of aromatic amines is 1. The maximum absolute atomic E-state index is 9.77. The van der Waals surface area contributed by atoms with Gasteiger partial charge in [-0.1, -0.05) is 23.2 Å². The van der Waals surface area contributed by atoms with Crippen LogP contribution in [0.2, 0.25) is 0 Å². The number of hydrogen-bond donors (Lipinski definition) is 2. The van der Waals surface area contributed by atoms with Crippen molar-refractivity contribution < 1.29 is 4.92 Å². The van der Waals surface area contributed by atoms with E-state index in [1.54, 1.807) is 0 Å². The van der Waals surface area contributed by atoms with Crippen molar-refractivity contribution in [3.8, 4) is 0 Å². The monoisotopic (exact) mass is 257 g/mol. The molecule has 3 aromatic rings. The first-order chi connectivity index (χ1) is 9.16. The van der Waals surface area contributed by atoms with Crippen molar-refractivity contribution in [1.29, 1.82) is 0 Å². The molecule has 3 rings (SSSR count). The minimum atomic E-state index is -0.583. The number of nitro groups is 1. The van der Waals surface area contributed by atoms with E-state index < -0.39 is 4.92 Å². The molecule has 0 bridgehead atoms. The number of para-hydroxylation sites is 1. The molecule has 0 amide bonds. The summed E-state index contributed by atoms with van der Waals surface area (Å²) in [5.41, 5.74) is 6.46. The Morgan fingerprint density at radius 2 is 2.00 bits per heavy atom. The van der Waals surface area contributed by atoms with Crippen molar-refractivity contribution in [2.45, 2.75) is 0 Å². The van der Waals surface area contributed by atoms with Gasteiger partial charge in [0.1, 0.15) is 12.0 Å². The van der Waals surface area contributed by atoms with E-state index in [1.807, 2.05) is 36.4 Å². The second-order valence-corrected chi connectivity index (χ2v) is 3.60. The molecule has 3 N–H and O–H groups in total. The molecule has 0 fully saturated rings. The Morgan fingerprint density at radius 3 is 2.63 bits per heavy atom. The normalized spacial score (nSPS) is 9.68. The molecule has 0 aliphatic rings. The van der Waals surface area contributed by atoms with Crippen molar-refractivity contribution in [2.75, 3.05) is 5.73 Å². The van der Waals surface area contributed by atoms with Gasteiger partial charge in [0.2, 0.25) is 0 Å². The number of rotatable bonds is 1. The van der Waals surface area contributed by atoms with E-state index >= 15 is 0 Å². The van der Waals surface area contributed by atoms with E-state index in [-0.39, 0.29) is 5.95 Å². The predicted molar refractivity (Wildman–Crippen MR) is 71.4 cm³/mol. The lowest BCUT2D eigenvalue weighted by Gasteiger charge is -1.95. The molecule has 2 heterocycles. The third kappa shape index (κ3) is 3.25. The largest absolute Gasteiger partial charge is 0.432 e. The Hall–Kier alpha value is -2.96. The number of nitrogens with two attached hydrogens (primary N) is 1. The molecule has 0 saturated carbocycles. The summed E-state index contributed by atoms with van der Waals surface area (Å²) in [6.45, 7) is 0. The molecule has 7 nitrogen and oxygen atoms in total. The molecule has 0 atom stereocenters. The third-order valence-electron chi connectivity index (χ3n) is 2.28. The summed E-state index contributed by atoms with van der Waals surface area (Å²) in [5, 5.41) is 10.9. The SMILES string of the molecule is Nc1ccc2ccccc2n1.O=[N+]([O-])c1ncc[nH]1. The number of hydrogen-bond acceptors (Lipinski definition) is 5. The van der Waals surface area contributed by atoms with Gasteiger partial charge in [0.15, 0.2) is 0 Å². The Bertz CT molecular complexity index is 681. The van der Waals surface area contributed by atoms with Gasteiger partial charge in [-0.15, -0.1) is 0 Å². The van der Waals surface area contributed by atoms with Gasteiger partial charge >= 0.3 is 5.95 Å². The number of nitrogens with one attached hydrogen (secondary N) is 1. The van der Waals surface area contributed by atoms with E-state index in [2.05, 4.69) is 15.0 Å². The molecule has 2 aromatic heterocycles. The summed E-state index contributed by atoms with van der Waals surface area (Å²) in [5.74, 6) is 0.355. The summed E-state index contributed by atoms with van der Waals surface area (Å²) in [7, 11) is 0. The minimum absolute atomic E-state index is 0.218. The van der Waals surface area contributed by atoms with Crippen LogP contribution >= 0.6 is 0 Å². The van der Waals surface area contributed by atoms with Crippen LogP contribution in [0.1, 0.15) is 0 Å². The zero-order valence-electron chi connectivity index (χ0n) is 9.85. The molecule has 0 unspecified atom stereocenters. The lowest BCUT2D eigenvalue weighted by atomic mass is 10.2. The standard InChI is InChI=1S/C9H8N2.C3H3N3O2/c10-9-6-5-7-3-1-2-4-8(7)11-9;7-6(8)3-4-1-2-5-3/h1-6H,(H2,10,11);1-2H,(H,4,5). The van der Waals surface area contributed by atoms with Crippen molar-refractivity contribution in [3.05, 3.63) is 58.9 Å². The van der Waals surface area contributed by atoms with Gasteiger partial charge in [-0.2, -0.15) is 0 Å². The van der Waals surface area contributed by atoms with Gasteiger partial charge in [-0.25, -0.2) is 9.97 Å². The van der Waals surface area contributed by atoms with Gasteiger partial charge in [-0.05, 0) is 23.1 Å². The van der Waals surface area contributed by atoms with Crippen LogP contribution < -0.4 is 5.73 Å². The average molecular weight is 257 g/mol. The summed E-state index contributed by atoms with van der Waals surface area (Å²) in [6.07, 6.45) is 2.73. The number of imidazole rings is 1. The Balaban J connectivity index is 0.000000148. The number of aromatic nitrogens is 3. The maximum Gasteiger partial charge on any atom is 0.432 e. The summed E-state index contributed by atoms with van der Waals surface area (Å²) in [4.78, 5) is 19.0. The van der Waals surface area contributed by atoms with E-state index in [0.717, 1.165) is 10.9 Å². The van der Waals surface area contributed by atoms with Gasteiger partial charge < -0.3 is 15.8 Å². The Morgan fingerprint density at radius 1 is 1.21 bits per heavy atom. The van der Waals surface area contributed by atoms with Crippen LogP contribution in [0.15, 0.2) is 48.8 Å². The van der Waals surface area contributed by atoms with Gasteiger partial charge in [-0.3, -0.25) is 0 Å². The average Bonchev–Trinajstić information content (AvgIpc) is 2.93. The summed E-state index contributed by atoms with van der Waals surface area (Å²) < 4.78 is 0. The maximum atomic E-state index is 9.77. The number of pyridine rings is 1. The molecule has 1 aromatic carbocycles. The van der Waals surface area contributed by atoms with Crippen molar-refractivity contribution >= 4 is 22.7 Å². The second kappa shape index (κ2) is 5.58. The van der Waals surface area contributed by atoms with E-state index in [4.69, 9.17) is 5.73 Å². The predicted octanol–water partition coefficient (Wildman–Crippen LogP) is 2.13. The molecule has 19 heavy (non-hydrogen) atoms. The molecule has 0 aliphatic carbocycles. The first-order valence-electron chi connectivity index (χ1n) is 5.42. The third-order valence-corrected chi connectivity index (χ3v) is 2.28.